The minimum absolute atomic E-state index is 0.0357. The Morgan fingerprint density at radius 3 is 2.36 bits per heavy atom. The van der Waals surface area contributed by atoms with Gasteiger partial charge in [0, 0.05) is 0 Å². The number of hydrogen-bond donors (Lipinski definition) is 1. The van der Waals surface area contributed by atoms with Crippen molar-refractivity contribution in [1.29, 1.82) is 0 Å². The van der Waals surface area contributed by atoms with Crippen molar-refractivity contribution in [3.8, 4) is 5.75 Å². The van der Waals surface area contributed by atoms with Crippen LogP contribution < -0.4 is 0 Å². The molecule has 110 valence electrons. The van der Waals surface area contributed by atoms with E-state index in [4.69, 9.17) is 0 Å². The molecule has 0 atom stereocenters. The number of ketones is 2. The number of carbonyl (C=O) groups is 2. The Kier molecular flexibility index (Phi) is 3.29. The van der Waals surface area contributed by atoms with E-state index >= 15 is 0 Å². The van der Waals surface area contributed by atoms with Crippen LogP contribution in [0.25, 0.3) is 0 Å². The number of nitrogens with zero attached hydrogens (tertiary/aromatic N) is 3. The summed E-state index contributed by atoms with van der Waals surface area (Å²) >= 11 is 0. The largest absolute Gasteiger partial charge is 0.506 e. The van der Waals surface area contributed by atoms with Gasteiger partial charge < -0.3 is 5.11 Å². The van der Waals surface area contributed by atoms with Gasteiger partial charge >= 0.3 is 0 Å². The van der Waals surface area contributed by atoms with Crippen LogP contribution in [-0.4, -0.2) is 32.4 Å². The van der Waals surface area contributed by atoms with E-state index in [1.165, 1.54) is 6.07 Å². The smallest absolute Gasteiger partial charge is 0.228 e. The van der Waals surface area contributed by atoms with Gasteiger partial charge in [-0.3, -0.25) is 9.59 Å². The molecule has 0 bridgehead atoms. The fourth-order valence-corrected chi connectivity index (χ4v) is 2.20. The standard InChI is InChI=1S/C16H13N3O3/c1-8-9(2)18-15-14(17-8)13(21)7-11(16(15)22)19-10-5-3-4-6-12(10)20/h3-6,20H,7H2,1-2H3. The third kappa shape index (κ3) is 2.28. The lowest BCUT2D eigenvalue weighted by Crippen LogP contribution is -2.30. The quantitative estimate of drug-likeness (QED) is 0.871. The normalized spacial score (nSPS) is 16.0. The Balaban J connectivity index is 2.11. The minimum Gasteiger partial charge on any atom is -0.506 e. The number of carbonyl (C=O) groups excluding carboxylic acids is 2. The number of aliphatic imine (C=N–C) groups is 1. The second-order valence-corrected chi connectivity index (χ2v) is 5.07. The van der Waals surface area contributed by atoms with Gasteiger partial charge in [0.2, 0.25) is 5.78 Å². The minimum atomic E-state index is -0.423. The molecule has 0 spiro atoms. The molecule has 0 saturated heterocycles. The van der Waals surface area contributed by atoms with E-state index in [0.29, 0.717) is 11.4 Å². The number of hydrogen-bond acceptors (Lipinski definition) is 6. The summed E-state index contributed by atoms with van der Waals surface area (Å²) in [7, 11) is 0. The van der Waals surface area contributed by atoms with Gasteiger partial charge in [-0.1, -0.05) is 12.1 Å². The Labute approximate surface area is 126 Å². The second-order valence-electron chi connectivity index (χ2n) is 5.07. The van der Waals surface area contributed by atoms with Crippen molar-refractivity contribution in [3.05, 3.63) is 47.0 Å². The third-order valence-electron chi connectivity index (χ3n) is 3.51. The maximum Gasteiger partial charge on any atom is 0.228 e. The molecule has 1 aliphatic carbocycles. The molecular weight excluding hydrogens is 282 g/mol. The molecule has 6 heteroatoms. The zero-order valence-corrected chi connectivity index (χ0v) is 12.1. The first-order chi connectivity index (χ1) is 10.5. The van der Waals surface area contributed by atoms with Crippen LogP contribution in [0.15, 0.2) is 29.3 Å². The van der Waals surface area contributed by atoms with Crippen molar-refractivity contribution in [1.82, 2.24) is 9.97 Å². The lowest BCUT2D eigenvalue weighted by atomic mass is 9.95. The van der Waals surface area contributed by atoms with Gasteiger partial charge in [0.15, 0.2) is 5.78 Å². The number of Topliss-reactive ketones (excluding diaryl/α,β-unsaturated/α-hetero) is 2. The summed E-state index contributed by atoms with van der Waals surface area (Å²) in [6.45, 7) is 3.47. The molecule has 0 saturated carbocycles. The zero-order chi connectivity index (χ0) is 15.9. The zero-order valence-electron chi connectivity index (χ0n) is 12.1. The second kappa shape index (κ2) is 5.14. The number of aromatic nitrogens is 2. The molecule has 0 fully saturated rings. The average molecular weight is 295 g/mol. The van der Waals surface area contributed by atoms with Crippen molar-refractivity contribution in [2.45, 2.75) is 20.3 Å². The van der Waals surface area contributed by atoms with Crippen molar-refractivity contribution >= 4 is 23.0 Å². The summed E-state index contributed by atoms with van der Waals surface area (Å²) in [5, 5.41) is 9.74. The van der Waals surface area contributed by atoms with E-state index in [2.05, 4.69) is 15.0 Å². The van der Waals surface area contributed by atoms with Crippen LogP contribution in [0.3, 0.4) is 0 Å². The fraction of sp³-hybridized carbons (Fsp3) is 0.188. The first kappa shape index (κ1) is 14.1. The van der Waals surface area contributed by atoms with E-state index < -0.39 is 5.78 Å². The van der Waals surface area contributed by atoms with E-state index in [0.717, 1.165) is 0 Å². The van der Waals surface area contributed by atoms with E-state index in [1.807, 2.05) is 0 Å². The average Bonchev–Trinajstić information content (AvgIpc) is 2.49. The fourth-order valence-electron chi connectivity index (χ4n) is 2.20. The number of benzene rings is 1. The van der Waals surface area contributed by atoms with Crippen molar-refractivity contribution in [3.63, 3.8) is 0 Å². The van der Waals surface area contributed by atoms with Gasteiger partial charge in [0.1, 0.15) is 22.8 Å². The van der Waals surface area contributed by atoms with Crippen LogP contribution in [-0.2, 0) is 0 Å². The molecule has 0 aliphatic heterocycles. The van der Waals surface area contributed by atoms with Crippen molar-refractivity contribution < 1.29 is 14.7 Å². The molecule has 2 aromatic rings. The summed E-state index contributed by atoms with van der Waals surface area (Å²) in [4.78, 5) is 37.1. The van der Waals surface area contributed by atoms with Crippen molar-refractivity contribution in [2.75, 3.05) is 0 Å². The molecule has 0 amide bonds. The molecule has 0 unspecified atom stereocenters. The maximum absolute atomic E-state index is 12.5. The van der Waals surface area contributed by atoms with Crippen molar-refractivity contribution in [2.24, 2.45) is 4.99 Å². The van der Waals surface area contributed by atoms with Crippen LogP contribution in [0.1, 0.15) is 38.8 Å². The van der Waals surface area contributed by atoms with E-state index in [1.54, 1.807) is 32.0 Å². The summed E-state index contributed by atoms with van der Waals surface area (Å²) in [5.41, 5.74) is 1.68. The number of aryl methyl sites for hydroxylation is 2. The topological polar surface area (TPSA) is 92.5 Å². The number of rotatable bonds is 1. The summed E-state index contributed by atoms with van der Waals surface area (Å²) < 4.78 is 0. The Hall–Kier alpha value is -2.89. The van der Waals surface area contributed by atoms with E-state index in [9.17, 15) is 14.7 Å². The molecule has 1 heterocycles. The molecule has 0 radical (unpaired) electrons. The van der Waals surface area contributed by atoms with Gasteiger partial charge in [0.05, 0.1) is 23.5 Å². The molecule has 6 nitrogen and oxygen atoms in total. The van der Waals surface area contributed by atoms with Gasteiger partial charge in [-0.15, -0.1) is 0 Å². The summed E-state index contributed by atoms with van der Waals surface area (Å²) in [5.74, 6) is -0.764. The Morgan fingerprint density at radius 2 is 1.68 bits per heavy atom. The third-order valence-corrected chi connectivity index (χ3v) is 3.51. The number of phenolic OH excluding ortho intramolecular Hbond substituents is 1. The first-order valence-corrected chi connectivity index (χ1v) is 6.76. The van der Waals surface area contributed by atoms with Crippen LogP contribution in [0.4, 0.5) is 5.69 Å². The first-order valence-electron chi connectivity index (χ1n) is 6.76. The number of phenols is 1. The highest BCUT2D eigenvalue weighted by molar-refractivity contribution is 6.52. The summed E-state index contributed by atoms with van der Waals surface area (Å²) in [6, 6.07) is 6.38. The van der Waals surface area contributed by atoms with Crippen LogP contribution in [0.2, 0.25) is 0 Å². The van der Waals surface area contributed by atoms with Crippen LogP contribution >= 0.6 is 0 Å². The highest BCUT2D eigenvalue weighted by Crippen LogP contribution is 2.27. The number of aromatic hydroxyl groups is 1. The number of fused-ring (bicyclic) bond motifs is 1. The van der Waals surface area contributed by atoms with Crippen LogP contribution in [0.5, 0.6) is 5.75 Å². The summed E-state index contributed by atoms with van der Waals surface area (Å²) in [6.07, 6.45) is -0.142. The Bertz CT molecular complexity index is 841. The van der Waals surface area contributed by atoms with Gasteiger partial charge in [-0.2, -0.15) is 0 Å². The molecule has 1 aromatic heterocycles. The Morgan fingerprint density at radius 1 is 1.05 bits per heavy atom. The predicted molar refractivity (Wildman–Crippen MR) is 80.0 cm³/mol. The SMILES string of the molecule is Cc1nc2c(nc1C)C(=O)C(=Nc1ccccc1O)CC2=O. The highest BCUT2D eigenvalue weighted by Gasteiger charge is 2.32. The molecule has 1 N–H and O–H groups in total. The molecule has 1 aliphatic rings. The van der Waals surface area contributed by atoms with E-state index in [-0.39, 0.29) is 40.7 Å². The van der Waals surface area contributed by atoms with Crippen LogP contribution in [0, 0.1) is 13.8 Å². The van der Waals surface area contributed by atoms with Gasteiger partial charge in [-0.25, -0.2) is 15.0 Å². The lowest BCUT2D eigenvalue weighted by molar-refractivity contribution is 0.0957. The number of para-hydroxylation sites is 2. The van der Waals surface area contributed by atoms with Gasteiger partial charge in [-0.05, 0) is 26.0 Å². The molecule has 3 rings (SSSR count). The van der Waals surface area contributed by atoms with Gasteiger partial charge in [0.25, 0.3) is 0 Å². The molecule has 1 aromatic carbocycles. The maximum atomic E-state index is 12.5. The monoisotopic (exact) mass is 295 g/mol. The predicted octanol–water partition coefficient (Wildman–Crippen LogP) is 2.34. The molecule has 22 heavy (non-hydrogen) atoms. The lowest BCUT2D eigenvalue weighted by Gasteiger charge is -2.15. The highest BCUT2D eigenvalue weighted by atomic mass is 16.3. The molecular formula is C16H13N3O3.